The maximum atomic E-state index is 5.60. The minimum Gasteiger partial charge on any atom is -0.490 e. The average molecular weight is 275 g/mol. The first kappa shape index (κ1) is 13.6. The number of hydrogen-bond acceptors (Lipinski definition) is 4. The number of benzene rings is 2. The third-order valence-electron chi connectivity index (χ3n) is 2.56. The van der Waals surface area contributed by atoms with Crippen LogP contribution < -0.4 is 15.2 Å². The van der Waals surface area contributed by atoms with Crippen molar-refractivity contribution in [3.05, 3.63) is 48.5 Å². The molecule has 0 heterocycles. The molecule has 0 aromatic heterocycles. The second-order valence-electron chi connectivity index (χ2n) is 3.94. The molecule has 0 spiro atoms. The lowest BCUT2D eigenvalue weighted by atomic mass is 10.3. The highest BCUT2D eigenvalue weighted by atomic mass is 32.2. The van der Waals surface area contributed by atoms with Crippen LogP contribution in [0.3, 0.4) is 0 Å². The Hall–Kier alpha value is -1.81. The molecule has 0 bridgehead atoms. The first-order chi connectivity index (χ1) is 9.28. The molecule has 0 amide bonds. The Kier molecular flexibility index (Phi) is 4.98. The SMILES string of the molecule is CSc1ccc(OCCOc2ccc(N)cc2)cc1. The van der Waals surface area contributed by atoms with Crippen molar-refractivity contribution in [2.24, 2.45) is 0 Å². The zero-order chi connectivity index (χ0) is 13.5. The number of anilines is 1. The fraction of sp³-hybridized carbons (Fsp3) is 0.200. The summed E-state index contributed by atoms with van der Waals surface area (Å²) < 4.78 is 11.1. The quantitative estimate of drug-likeness (QED) is 0.498. The van der Waals surface area contributed by atoms with Gasteiger partial charge in [-0.05, 0) is 54.8 Å². The molecule has 0 aliphatic carbocycles. The highest BCUT2D eigenvalue weighted by Gasteiger charge is 1.96. The molecule has 0 atom stereocenters. The van der Waals surface area contributed by atoms with Crippen LogP contribution in [0, 0.1) is 0 Å². The first-order valence-corrected chi connectivity index (χ1v) is 7.25. The molecule has 0 saturated carbocycles. The minimum absolute atomic E-state index is 0.508. The highest BCUT2D eigenvalue weighted by Crippen LogP contribution is 2.19. The van der Waals surface area contributed by atoms with E-state index >= 15 is 0 Å². The molecule has 2 aromatic rings. The molecular formula is C15H17NO2S. The van der Waals surface area contributed by atoms with Gasteiger partial charge in [0.2, 0.25) is 0 Å². The molecule has 3 nitrogen and oxygen atoms in total. The summed E-state index contributed by atoms with van der Waals surface area (Å²) in [6.45, 7) is 1.02. The molecule has 0 aliphatic rings. The summed E-state index contributed by atoms with van der Waals surface area (Å²) in [7, 11) is 0. The van der Waals surface area contributed by atoms with Crippen molar-refractivity contribution in [2.75, 3.05) is 25.2 Å². The van der Waals surface area contributed by atoms with Gasteiger partial charge in [-0.2, -0.15) is 0 Å². The van der Waals surface area contributed by atoms with E-state index in [-0.39, 0.29) is 0 Å². The van der Waals surface area contributed by atoms with E-state index in [4.69, 9.17) is 15.2 Å². The van der Waals surface area contributed by atoms with Crippen LogP contribution in [0.1, 0.15) is 0 Å². The standard InChI is InChI=1S/C15H17NO2S/c1-19-15-8-6-14(7-9-15)18-11-10-17-13-4-2-12(16)3-5-13/h2-9H,10-11,16H2,1H3. The smallest absolute Gasteiger partial charge is 0.122 e. The van der Waals surface area contributed by atoms with Gasteiger partial charge in [-0.25, -0.2) is 0 Å². The van der Waals surface area contributed by atoms with Crippen molar-refractivity contribution in [1.29, 1.82) is 0 Å². The van der Waals surface area contributed by atoms with Crippen molar-refractivity contribution in [1.82, 2.24) is 0 Å². The van der Waals surface area contributed by atoms with E-state index in [0.29, 0.717) is 13.2 Å². The summed E-state index contributed by atoms with van der Waals surface area (Å²) >= 11 is 1.71. The van der Waals surface area contributed by atoms with Crippen LogP contribution in [0.15, 0.2) is 53.4 Å². The van der Waals surface area contributed by atoms with E-state index in [0.717, 1.165) is 17.2 Å². The Labute approximate surface area is 117 Å². The predicted octanol–water partition coefficient (Wildman–Crippen LogP) is 3.45. The summed E-state index contributed by atoms with van der Waals surface area (Å²) in [5, 5.41) is 0. The van der Waals surface area contributed by atoms with Crippen molar-refractivity contribution >= 4 is 17.4 Å². The van der Waals surface area contributed by atoms with E-state index in [1.807, 2.05) is 48.5 Å². The summed E-state index contributed by atoms with van der Waals surface area (Å²) in [6, 6.07) is 15.4. The molecule has 4 heteroatoms. The van der Waals surface area contributed by atoms with Gasteiger partial charge < -0.3 is 15.2 Å². The Morgan fingerprint density at radius 3 is 1.79 bits per heavy atom. The van der Waals surface area contributed by atoms with E-state index in [2.05, 4.69) is 6.26 Å². The number of nitrogen functional groups attached to an aromatic ring is 1. The molecule has 2 N–H and O–H groups in total. The minimum atomic E-state index is 0.508. The topological polar surface area (TPSA) is 44.5 Å². The van der Waals surface area contributed by atoms with Gasteiger partial charge in [-0.3, -0.25) is 0 Å². The largest absolute Gasteiger partial charge is 0.490 e. The molecular weight excluding hydrogens is 258 g/mol. The van der Waals surface area contributed by atoms with E-state index in [9.17, 15) is 0 Å². The molecule has 0 saturated heterocycles. The van der Waals surface area contributed by atoms with Crippen molar-refractivity contribution < 1.29 is 9.47 Å². The monoisotopic (exact) mass is 275 g/mol. The first-order valence-electron chi connectivity index (χ1n) is 6.03. The number of hydrogen-bond donors (Lipinski definition) is 1. The summed E-state index contributed by atoms with van der Waals surface area (Å²) in [6.07, 6.45) is 2.05. The van der Waals surface area contributed by atoms with Crippen LogP contribution in [0.25, 0.3) is 0 Å². The molecule has 0 unspecified atom stereocenters. The van der Waals surface area contributed by atoms with Crippen LogP contribution in [0.2, 0.25) is 0 Å². The molecule has 100 valence electrons. The van der Waals surface area contributed by atoms with Crippen molar-refractivity contribution in [3.63, 3.8) is 0 Å². The normalized spacial score (nSPS) is 10.2. The molecule has 0 radical (unpaired) electrons. The highest BCUT2D eigenvalue weighted by molar-refractivity contribution is 7.98. The van der Waals surface area contributed by atoms with E-state index in [1.54, 1.807) is 11.8 Å². The number of ether oxygens (including phenoxy) is 2. The van der Waals surface area contributed by atoms with Gasteiger partial charge >= 0.3 is 0 Å². The second kappa shape index (κ2) is 6.95. The fourth-order valence-corrected chi connectivity index (χ4v) is 1.96. The lowest BCUT2D eigenvalue weighted by Crippen LogP contribution is -2.08. The number of nitrogens with two attached hydrogens (primary N) is 1. The van der Waals surface area contributed by atoms with E-state index in [1.165, 1.54) is 4.90 Å². The Morgan fingerprint density at radius 1 is 0.842 bits per heavy atom. The predicted molar refractivity (Wildman–Crippen MR) is 80.1 cm³/mol. The average Bonchev–Trinajstić information content (AvgIpc) is 2.46. The third kappa shape index (κ3) is 4.41. The van der Waals surface area contributed by atoms with Crippen LogP contribution in [0.5, 0.6) is 11.5 Å². The van der Waals surface area contributed by atoms with Gasteiger partial charge in [0.05, 0.1) is 0 Å². The lowest BCUT2D eigenvalue weighted by molar-refractivity contribution is 0.217. The third-order valence-corrected chi connectivity index (χ3v) is 3.30. The Balaban J connectivity index is 1.72. The lowest BCUT2D eigenvalue weighted by Gasteiger charge is -2.08. The summed E-state index contributed by atoms with van der Waals surface area (Å²) in [4.78, 5) is 1.23. The van der Waals surface area contributed by atoms with Crippen LogP contribution in [0.4, 0.5) is 5.69 Å². The summed E-state index contributed by atoms with van der Waals surface area (Å²) in [5.41, 5.74) is 6.33. The number of rotatable bonds is 6. The molecule has 2 aromatic carbocycles. The van der Waals surface area contributed by atoms with Crippen molar-refractivity contribution in [2.45, 2.75) is 4.90 Å². The zero-order valence-corrected chi connectivity index (χ0v) is 11.7. The van der Waals surface area contributed by atoms with Gasteiger partial charge in [0.25, 0.3) is 0 Å². The van der Waals surface area contributed by atoms with Gasteiger partial charge in [0.1, 0.15) is 24.7 Å². The van der Waals surface area contributed by atoms with Gasteiger partial charge in [-0.1, -0.05) is 0 Å². The maximum Gasteiger partial charge on any atom is 0.122 e. The Morgan fingerprint density at radius 2 is 1.32 bits per heavy atom. The molecule has 2 rings (SSSR count). The zero-order valence-electron chi connectivity index (χ0n) is 10.8. The van der Waals surface area contributed by atoms with Crippen LogP contribution in [-0.2, 0) is 0 Å². The maximum absolute atomic E-state index is 5.60. The summed E-state index contributed by atoms with van der Waals surface area (Å²) in [5.74, 6) is 1.66. The van der Waals surface area contributed by atoms with Crippen molar-refractivity contribution in [3.8, 4) is 11.5 Å². The van der Waals surface area contributed by atoms with Gasteiger partial charge in [0.15, 0.2) is 0 Å². The number of thioether (sulfide) groups is 1. The second-order valence-corrected chi connectivity index (χ2v) is 4.82. The fourth-order valence-electron chi connectivity index (χ4n) is 1.56. The van der Waals surface area contributed by atoms with Gasteiger partial charge in [0, 0.05) is 10.6 Å². The molecule has 0 aliphatic heterocycles. The van der Waals surface area contributed by atoms with Crippen LogP contribution in [-0.4, -0.2) is 19.5 Å². The van der Waals surface area contributed by atoms with Crippen LogP contribution >= 0.6 is 11.8 Å². The van der Waals surface area contributed by atoms with E-state index < -0.39 is 0 Å². The molecule has 19 heavy (non-hydrogen) atoms. The Bertz CT molecular complexity index is 497. The van der Waals surface area contributed by atoms with Gasteiger partial charge in [-0.15, -0.1) is 11.8 Å². The molecule has 0 fully saturated rings.